The molecule has 16 heavy (non-hydrogen) atoms. The number of aliphatic carboxylic acids is 1. The predicted octanol–water partition coefficient (Wildman–Crippen LogP) is 1.29. The second-order valence-electron chi connectivity index (χ2n) is 4.53. The van der Waals surface area contributed by atoms with Crippen LogP contribution in [0.1, 0.15) is 33.1 Å². The lowest BCUT2D eigenvalue weighted by Crippen LogP contribution is -2.47. The summed E-state index contributed by atoms with van der Waals surface area (Å²) in [6.07, 6.45) is 3.13. The lowest BCUT2D eigenvalue weighted by atomic mass is 10.0. The molecule has 1 fully saturated rings. The number of hydrogen-bond donors (Lipinski definition) is 2. The number of hydrogen-bond acceptors (Lipinski definition) is 2. The fraction of sp³-hybridized carbons (Fsp3) is 0.818. The smallest absolute Gasteiger partial charge is 0.325 e. The summed E-state index contributed by atoms with van der Waals surface area (Å²) in [6.45, 7) is 5.10. The maximum Gasteiger partial charge on any atom is 0.325 e. The highest BCUT2D eigenvalue weighted by Gasteiger charge is 2.21. The zero-order chi connectivity index (χ0) is 12.1. The van der Waals surface area contributed by atoms with Crippen molar-refractivity contribution in [2.75, 3.05) is 13.1 Å². The van der Waals surface area contributed by atoms with Crippen molar-refractivity contribution in [3.05, 3.63) is 0 Å². The van der Waals surface area contributed by atoms with Crippen molar-refractivity contribution in [1.82, 2.24) is 10.2 Å². The molecule has 1 heterocycles. The topological polar surface area (TPSA) is 69.6 Å². The van der Waals surface area contributed by atoms with Crippen molar-refractivity contribution in [3.8, 4) is 0 Å². The van der Waals surface area contributed by atoms with E-state index in [4.69, 9.17) is 5.11 Å². The summed E-state index contributed by atoms with van der Waals surface area (Å²) in [4.78, 5) is 24.0. The highest BCUT2D eigenvalue weighted by atomic mass is 16.4. The Morgan fingerprint density at radius 1 is 1.38 bits per heavy atom. The summed E-state index contributed by atoms with van der Waals surface area (Å²) >= 11 is 0. The van der Waals surface area contributed by atoms with Crippen LogP contribution < -0.4 is 5.32 Å². The minimum absolute atomic E-state index is 0.260. The summed E-state index contributed by atoms with van der Waals surface area (Å²) in [7, 11) is 0. The monoisotopic (exact) mass is 228 g/mol. The average Bonchev–Trinajstić information content (AvgIpc) is 2.42. The van der Waals surface area contributed by atoms with Crippen molar-refractivity contribution in [3.63, 3.8) is 0 Å². The predicted molar refractivity (Wildman–Crippen MR) is 60.2 cm³/mol. The Labute approximate surface area is 95.8 Å². The highest BCUT2D eigenvalue weighted by Crippen LogP contribution is 2.16. The van der Waals surface area contributed by atoms with Crippen LogP contribution in [0.5, 0.6) is 0 Å². The van der Waals surface area contributed by atoms with Crippen molar-refractivity contribution >= 4 is 12.0 Å². The number of carbonyl (C=O) groups is 2. The van der Waals surface area contributed by atoms with Crippen LogP contribution >= 0.6 is 0 Å². The quantitative estimate of drug-likeness (QED) is 0.748. The van der Waals surface area contributed by atoms with Gasteiger partial charge < -0.3 is 15.3 Å². The van der Waals surface area contributed by atoms with Gasteiger partial charge in [-0.05, 0) is 32.1 Å². The molecule has 1 aliphatic heterocycles. The fourth-order valence-corrected chi connectivity index (χ4v) is 1.80. The van der Waals surface area contributed by atoms with Crippen LogP contribution in [0.25, 0.3) is 0 Å². The normalized spacial score (nSPS) is 23.4. The molecule has 2 N–H and O–H groups in total. The molecule has 1 saturated heterocycles. The third-order valence-corrected chi connectivity index (χ3v) is 3.01. The van der Waals surface area contributed by atoms with E-state index < -0.39 is 12.0 Å². The third-order valence-electron chi connectivity index (χ3n) is 3.01. The average molecular weight is 228 g/mol. The van der Waals surface area contributed by atoms with Gasteiger partial charge in [0.2, 0.25) is 0 Å². The van der Waals surface area contributed by atoms with Crippen LogP contribution in [0.4, 0.5) is 4.79 Å². The van der Waals surface area contributed by atoms with Gasteiger partial charge in [-0.15, -0.1) is 0 Å². The summed E-state index contributed by atoms with van der Waals surface area (Å²) in [5.74, 6) is -0.355. The van der Waals surface area contributed by atoms with Gasteiger partial charge in [-0.1, -0.05) is 6.92 Å². The van der Waals surface area contributed by atoms with Crippen molar-refractivity contribution in [2.45, 2.75) is 39.2 Å². The largest absolute Gasteiger partial charge is 0.480 e. The van der Waals surface area contributed by atoms with E-state index in [0.29, 0.717) is 5.92 Å². The van der Waals surface area contributed by atoms with Crippen LogP contribution in [0.3, 0.4) is 0 Å². The minimum atomic E-state index is -1.00. The van der Waals surface area contributed by atoms with Crippen molar-refractivity contribution in [1.29, 1.82) is 0 Å². The first-order valence-corrected chi connectivity index (χ1v) is 5.79. The molecular weight excluding hydrogens is 208 g/mol. The number of nitrogens with one attached hydrogen (secondary N) is 1. The van der Waals surface area contributed by atoms with Crippen LogP contribution in [0.15, 0.2) is 0 Å². The van der Waals surface area contributed by atoms with E-state index in [1.807, 2.05) is 0 Å². The zero-order valence-corrected chi connectivity index (χ0v) is 9.90. The van der Waals surface area contributed by atoms with E-state index in [2.05, 4.69) is 12.2 Å². The van der Waals surface area contributed by atoms with E-state index in [9.17, 15) is 9.59 Å². The first kappa shape index (κ1) is 12.8. The maximum absolute atomic E-state index is 11.7. The molecule has 0 bridgehead atoms. The van der Waals surface area contributed by atoms with Crippen LogP contribution in [-0.4, -0.2) is 41.1 Å². The minimum Gasteiger partial charge on any atom is -0.480 e. The Balaban J connectivity index is 2.44. The summed E-state index contributed by atoms with van der Waals surface area (Å²) in [6, 6.07) is -1.09. The van der Waals surface area contributed by atoms with Crippen molar-refractivity contribution < 1.29 is 14.7 Å². The number of urea groups is 1. The molecule has 1 rings (SSSR count). The molecule has 5 nitrogen and oxygen atoms in total. The van der Waals surface area contributed by atoms with E-state index in [1.54, 1.807) is 4.90 Å². The van der Waals surface area contributed by atoms with E-state index in [0.717, 1.165) is 32.4 Å². The maximum atomic E-state index is 11.7. The molecule has 0 spiro atoms. The van der Waals surface area contributed by atoms with Crippen LogP contribution in [-0.2, 0) is 4.79 Å². The van der Waals surface area contributed by atoms with Gasteiger partial charge >= 0.3 is 12.0 Å². The molecule has 92 valence electrons. The van der Waals surface area contributed by atoms with Gasteiger partial charge in [-0.2, -0.15) is 0 Å². The van der Waals surface area contributed by atoms with Gasteiger partial charge in [0.05, 0.1) is 0 Å². The Hall–Kier alpha value is -1.26. The Kier molecular flexibility index (Phi) is 4.58. The molecular formula is C11H20N2O3. The number of nitrogens with zero attached hydrogens (tertiary/aromatic N) is 1. The molecule has 0 radical (unpaired) electrons. The zero-order valence-electron chi connectivity index (χ0n) is 9.90. The molecule has 0 aromatic rings. The fourth-order valence-electron chi connectivity index (χ4n) is 1.80. The molecule has 2 unspecified atom stereocenters. The molecule has 1 aliphatic rings. The second-order valence-corrected chi connectivity index (χ2v) is 4.53. The van der Waals surface area contributed by atoms with E-state index >= 15 is 0 Å². The van der Waals surface area contributed by atoms with Gasteiger partial charge in [0.25, 0.3) is 0 Å². The van der Waals surface area contributed by atoms with E-state index in [-0.39, 0.29) is 6.03 Å². The van der Waals surface area contributed by atoms with Crippen LogP contribution in [0, 0.1) is 5.92 Å². The number of likely N-dealkylation sites (tertiary alicyclic amines) is 1. The van der Waals surface area contributed by atoms with Gasteiger partial charge in [0, 0.05) is 13.1 Å². The number of amides is 2. The van der Waals surface area contributed by atoms with Crippen LogP contribution in [0.2, 0.25) is 0 Å². The first-order chi connectivity index (χ1) is 7.50. The van der Waals surface area contributed by atoms with Gasteiger partial charge in [0.1, 0.15) is 6.04 Å². The molecule has 0 aromatic heterocycles. The molecule has 0 saturated carbocycles. The van der Waals surface area contributed by atoms with E-state index in [1.165, 1.54) is 6.92 Å². The first-order valence-electron chi connectivity index (χ1n) is 5.79. The Morgan fingerprint density at radius 3 is 2.69 bits per heavy atom. The number of carboxylic acids is 1. The highest BCUT2D eigenvalue weighted by molar-refractivity contribution is 5.82. The van der Waals surface area contributed by atoms with Gasteiger partial charge in [0.15, 0.2) is 0 Å². The molecule has 0 aliphatic carbocycles. The van der Waals surface area contributed by atoms with Gasteiger partial charge in [-0.3, -0.25) is 4.79 Å². The lowest BCUT2D eigenvalue weighted by molar-refractivity contribution is -0.138. The lowest BCUT2D eigenvalue weighted by Gasteiger charge is -2.22. The summed E-state index contributed by atoms with van der Waals surface area (Å²) < 4.78 is 0. The second kappa shape index (κ2) is 5.72. The molecule has 2 atom stereocenters. The van der Waals surface area contributed by atoms with Crippen molar-refractivity contribution in [2.24, 2.45) is 5.92 Å². The molecule has 0 aromatic carbocycles. The summed E-state index contributed by atoms with van der Waals surface area (Å²) in [5.41, 5.74) is 0. The standard InChI is InChI=1S/C11H20N2O3/c1-8-4-3-6-13(7-5-8)11(16)12-9(2)10(14)15/h8-9H,3-7H2,1-2H3,(H,12,16)(H,14,15). The molecule has 2 amide bonds. The number of carbonyl (C=O) groups excluding carboxylic acids is 1. The number of carboxylic acid groups (broad SMARTS) is 1. The number of rotatable bonds is 2. The van der Waals surface area contributed by atoms with Gasteiger partial charge in [-0.25, -0.2) is 4.79 Å². The third kappa shape index (κ3) is 3.72. The Morgan fingerprint density at radius 2 is 2.06 bits per heavy atom. The molecule has 5 heteroatoms. The Bertz CT molecular complexity index is 268. The SMILES string of the molecule is CC1CCCN(C(=O)NC(C)C(=O)O)CC1. The summed E-state index contributed by atoms with van der Waals surface area (Å²) in [5, 5.41) is 11.2.